The smallest absolute Gasteiger partial charge is 0.330 e. The van der Waals surface area contributed by atoms with Crippen molar-refractivity contribution in [3.8, 4) is 0 Å². The van der Waals surface area contributed by atoms with Gasteiger partial charge in [0, 0.05) is 24.9 Å². The van der Waals surface area contributed by atoms with Crippen LogP contribution in [-0.4, -0.2) is 52.1 Å². The summed E-state index contributed by atoms with van der Waals surface area (Å²) in [6.07, 6.45) is 6.96. The van der Waals surface area contributed by atoms with E-state index in [9.17, 15) is 9.59 Å². The fourth-order valence-electron chi connectivity index (χ4n) is 3.59. The molecule has 1 aliphatic rings. The predicted octanol–water partition coefficient (Wildman–Crippen LogP) is 3.83. The summed E-state index contributed by atoms with van der Waals surface area (Å²) < 4.78 is 12.4. The molecule has 4 rings (SSSR count). The Morgan fingerprint density at radius 1 is 1.18 bits per heavy atom. The molecule has 0 aliphatic carbocycles. The Morgan fingerprint density at radius 2 is 1.97 bits per heavy atom. The van der Waals surface area contributed by atoms with Gasteiger partial charge in [-0.05, 0) is 55.7 Å². The van der Waals surface area contributed by atoms with Gasteiger partial charge < -0.3 is 19.4 Å². The molecular weight excluding hydrogens is 454 g/mol. The second kappa shape index (κ2) is 11.6. The van der Waals surface area contributed by atoms with Gasteiger partial charge in [-0.3, -0.25) is 9.36 Å². The Kier molecular flexibility index (Phi) is 8.03. The van der Waals surface area contributed by atoms with E-state index in [2.05, 4.69) is 20.4 Å². The number of nitrogens with one attached hydrogen (secondary N) is 1. The summed E-state index contributed by atoms with van der Waals surface area (Å²) >= 11 is 1.34. The molecule has 0 unspecified atom stereocenters. The Labute approximate surface area is 202 Å². The number of amides is 1. The van der Waals surface area contributed by atoms with Crippen LogP contribution < -0.4 is 10.2 Å². The second-order valence-corrected chi connectivity index (χ2v) is 8.63. The van der Waals surface area contributed by atoms with Crippen LogP contribution in [0.1, 0.15) is 31.1 Å². The molecule has 178 valence electrons. The van der Waals surface area contributed by atoms with Crippen molar-refractivity contribution in [3.05, 3.63) is 60.1 Å². The molecule has 1 fully saturated rings. The van der Waals surface area contributed by atoms with Crippen LogP contribution in [0.25, 0.3) is 6.08 Å². The van der Waals surface area contributed by atoms with E-state index in [1.54, 1.807) is 31.4 Å². The fraction of sp³-hybridized carbons (Fsp3) is 0.333. The molecule has 3 heterocycles. The molecule has 1 aromatic carbocycles. The van der Waals surface area contributed by atoms with Crippen LogP contribution in [0.5, 0.6) is 0 Å². The van der Waals surface area contributed by atoms with Crippen LogP contribution in [0.3, 0.4) is 0 Å². The Balaban J connectivity index is 1.36. The Hall–Kier alpha value is -3.53. The number of benzene rings is 1. The van der Waals surface area contributed by atoms with E-state index in [0.29, 0.717) is 24.0 Å². The van der Waals surface area contributed by atoms with Crippen molar-refractivity contribution in [2.24, 2.45) is 0 Å². The zero-order valence-corrected chi connectivity index (χ0v) is 19.8. The maximum Gasteiger partial charge on any atom is 0.330 e. The number of carbonyl (C=O) groups excluding carboxylic acids is 2. The number of anilines is 2. The first-order valence-corrected chi connectivity index (χ1v) is 12.2. The second-order valence-electron chi connectivity index (χ2n) is 7.69. The first kappa shape index (κ1) is 23.6. The van der Waals surface area contributed by atoms with Gasteiger partial charge in [0.25, 0.3) is 0 Å². The topological polar surface area (TPSA) is 102 Å². The normalized spacial score (nSPS) is 13.5. The first-order valence-electron chi connectivity index (χ1n) is 11.2. The van der Waals surface area contributed by atoms with Crippen LogP contribution in [-0.2, 0) is 20.9 Å². The van der Waals surface area contributed by atoms with Crippen molar-refractivity contribution in [3.63, 3.8) is 0 Å². The largest absolute Gasteiger partial charge is 0.467 e. The third kappa shape index (κ3) is 6.28. The molecule has 0 bridgehead atoms. The summed E-state index contributed by atoms with van der Waals surface area (Å²) in [6.45, 7) is 4.51. The molecule has 34 heavy (non-hydrogen) atoms. The maximum atomic E-state index is 12.6. The molecule has 0 atom stereocenters. The number of hydrogen-bond donors (Lipinski definition) is 1. The van der Waals surface area contributed by atoms with Gasteiger partial charge in [0.05, 0.1) is 25.2 Å². The molecule has 1 N–H and O–H groups in total. The molecule has 1 aliphatic heterocycles. The highest BCUT2D eigenvalue weighted by atomic mass is 32.2. The van der Waals surface area contributed by atoms with Gasteiger partial charge in [-0.25, -0.2) is 4.79 Å². The van der Waals surface area contributed by atoms with E-state index >= 15 is 0 Å². The molecule has 9 nitrogen and oxygen atoms in total. The number of rotatable bonds is 10. The van der Waals surface area contributed by atoms with E-state index in [4.69, 9.17) is 9.15 Å². The average molecular weight is 482 g/mol. The van der Waals surface area contributed by atoms with E-state index < -0.39 is 0 Å². The Bertz CT molecular complexity index is 1120. The van der Waals surface area contributed by atoms with Crippen molar-refractivity contribution < 1.29 is 18.7 Å². The third-order valence-electron chi connectivity index (χ3n) is 5.21. The highest BCUT2D eigenvalue weighted by Crippen LogP contribution is 2.26. The number of aromatic nitrogens is 3. The van der Waals surface area contributed by atoms with Gasteiger partial charge in [0.2, 0.25) is 11.9 Å². The SMILES string of the molecule is CCOC(=O)/C=C/c1ccc(NC(=O)CSc2nnc(N3CCCC3)n2Cc2ccco2)cc1. The fourth-order valence-corrected chi connectivity index (χ4v) is 4.33. The molecule has 1 saturated heterocycles. The number of carbonyl (C=O) groups is 2. The van der Waals surface area contributed by atoms with Gasteiger partial charge in [0.15, 0.2) is 5.16 Å². The standard InChI is InChI=1S/C24H27N5O4S/c1-2-32-22(31)12-9-18-7-10-19(11-8-18)25-21(30)17-34-24-27-26-23(28-13-3-4-14-28)29(24)16-20-6-5-15-33-20/h5-12,15H,2-4,13-14,16-17H2,1H3,(H,25,30)/b12-9+. The van der Waals surface area contributed by atoms with Gasteiger partial charge in [-0.2, -0.15) is 0 Å². The zero-order valence-electron chi connectivity index (χ0n) is 19.0. The molecule has 0 spiro atoms. The lowest BCUT2D eigenvalue weighted by molar-refractivity contribution is -0.137. The molecule has 2 aromatic heterocycles. The highest BCUT2D eigenvalue weighted by Gasteiger charge is 2.22. The molecule has 10 heteroatoms. The minimum atomic E-state index is -0.385. The van der Waals surface area contributed by atoms with Gasteiger partial charge in [0.1, 0.15) is 5.76 Å². The van der Waals surface area contributed by atoms with Crippen LogP contribution in [0.15, 0.2) is 58.3 Å². The number of esters is 1. The summed E-state index contributed by atoms with van der Waals surface area (Å²) in [6, 6.07) is 11.0. The number of nitrogens with zero attached hydrogens (tertiary/aromatic N) is 4. The highest BCUT2D eigenvalue weighted by molar-refractivity contribution is 7.99. The summed E-state index contributed by atoms with van der Waals surface area (Å²) in [5.41, 5.74) is 1.51. The zero-order chi connectivity index (χ0) is 23.8. The summed E-state index contributed by atoms with van der Waals surface area (Å²) in [4.78, 5) is 26.2. The molecule has 0 saturated carbocycles. The van der Waals surface area contributed by atoms with Crippen LogP contribution in [0.2, 0.25) is 0 Å². The van der Waals surface area contributed by atoms with E-state index in [-0.39, 0.29) is 17.6 Å². The maximum absolute atomic E-state index is 12.6. The van der Waals surface area contributed by atoms with E-state index in [1.807, 2.05) is 28.8 Å². The molecule has 3 aromatic rings. The number of thioether (sulfide) groups is 1. The van der Waals surface area contributed by atoms with E-state index in [1.165, 1.54) is 17.8 Å². The lowest BCUT2D eigenvalue weighted by Crippen LogP contribution is -2.22. The quantitative estimate of drug-likeness (QED) is 0.265. The van der Waals surface area contributed by atoms with Crippen LogP contribution >= 0.6 is 11.8 Å². The number of furan rings is 1. The minimum Gasteiger partial charge on any atom is -0.467 e. The average Bonchev–Trinajstić information content (AvgIpc) is 3.60. The van der Waals surface area contributed by atoms with Gasteiger partial charge in [-0.15, -0.1) is 10.2 Å². The summed E-state index contributed by atoms with van der Waals surface area (Å²) in [5, 5.41) is 12.3. The number of hydrogen-bond acceptors (Lipinski definition) is 8. The molecule has 0 radical (unpaired) electrons. The van der Waals surface area contributed by atoms with Crippen molar-refractivity contribution in [1.82, 2.24) is 14.8 Å². The van der Waals surface area contributed by atoms with Gasteiger partial charge >= 0.3 is 5.97 Å². The van der Waals surface area contributed by atoms with Crippen LogP contribution in [0.4, 0.5) is 11.6 Å². The third-order valence-corrected chi connectivity index (χ3v) is 6.17. The molecule has 1 amide bonds. The minimum absolute atomic E-state index is 0.143. The van der Waals surface area contributed by atoms with E-state index in [0.717, 1.165) is 43.2 Å². The predicted molar refractivity (Wildman–Crippen MR) is 131 cm³/mol. The first-order chi connectivity index (χ1) is 16.6. The molecular formula is C24H27N5O4S. The van der Waals surface area contributed by atoms with Crippen LogP contribution in [0, 0.1) is 0 Å². The summed E-state index contributed by atoms with van der Waals surface area (Å²) in [5.74, 6) is 1.28. The lowest BCUT2D eigenvalue weighted by Gasteiger charge is -2.17. The van der Waals surface area contributed by atoms with Crippen molar-refractivity contribution in [2.45, 2.75) is 31.5 Å². The van der Waals surface area contributed by atoms with Crippen molar-refractivity contribution >= 4 is 41.4 Å². The Morgan fingerprint density at radius 3 is 2.68 bits per heavy atom. The van der Waals surface area contributed by atoms with Gasteiger partial charge in [-0.1, -0.05) is 23.9 Å². The monoisotopic (exact) mass is 481 g/mol. The summed E-state index contributed by atoms with van der Waals surface area (Å²) in [7, 11) is 0. The lowest BCUT2D eigenvalue weighted by atomic mass is 10.2. The number of ether oxygens (including phenoxy) is 1. The van der Waals surface area contributed by atoms with Crippen molar-refractivity contribution in [2.75, 3.05) is 35.7 Å². The van der Waals surface area contributed by atoms with Crippen molar-refractivity contribution in [1.29, 1.82) is 0 Å².